The number of para-hydroxylation sites is 2. The topological polar surface area (TPSA) is 32.3 Å². The molecule has 2 aromatic rings. The quantitative estimate of drug-likeness (QED) is 0.863. The summed E-state index contributed by atoms with van der Waals surface area (Å²) in [5.74, 6) is -0.133. The molecule has 0 aliphatic heterocycles. The molecule has 0 radical (unpaired) electrons. The monoisotopic (exact) mass is 301 g/mol. The van der Waals surface area contributed by atoms with Gasteiger partial charge in [-0.3, -0.25) is 0 Å². The number of halogens is 4. The first kappa shape index (κ1) is 14.5. The van der Waals surface area contributed by atoms with Gasteiger partial charge in [0.2, 0.25) is 0 Å². The van der Waals surface area contributed by atoms with Crippen molar-refractivity contribution >= 4 is 17.3 Å². The maximum absolute atomic E-state index is 12.8. The Bertz CT molecular complexity index is 614. The third kappa shape index (κ3) is 3.17. The number of aromatic hydroxyl groups is 1. The summed E-state index contributed by atoms with van der Waals surface area (Å²) in [7, 11) is 0. The van der Waals surface area contributed by atoms with E-state index >= 15 is 0 Å². The number of hydrogen-bond donors (Lipinski definition) is 2. The summed E-state index contributed by atoms with van der Waals surface area (Å²) in [4.78, 5) is 0. The van der Waals surface area contributed by atoms with Crippen molar-refractivity contribution in [2.75, 3.05) is 5.32 Å². The van der Waals surface area contributed by atoms with Gasteiger partial charge in [-0.05, 0) is 18.2 Å². The lowest BCUT2D eigenvalue weighted by molar-refractivity contribution is -0.136. The maximum Gasteiger partial charge on any atom is 0.418 e. The predicted molar refractivity (Wildman–Crippen MR) is 71.9 cm³/mol. The second-order valence-corrected chi connectivity index (χ2v) is 4.55. The number of phenolic OH excluding ortho intramolecular Hbond substituents is 1. The van der Waals surface area contributed by atoms with Gasteiger partial charge in [-0.1, -0.05) is 35.9 Å². The second-order valence-electron chi connectivity index (χ2n) is 4.14. The first-order chi connectivity index (χ1) is 9.39. The summed E-state index contributed by atoms with van der Waals surface area (Å²) >= 11 is 5.74. The van der Waals surface area contributed by atoms with E-state index in [9.17, 15) is 18.3 Å². The summed E-state index contributed by atoms with van der Waals surface area (Å²) < 4.78 is 38.4. The Balaban J connectivity index is 2.22. The normalized spacial score (nSPS) is 11.4. The standard InChI is InChI=1S/C14H11ClF3NO/c15-11-6-3-4-9(13(11)20)8-19-12-7-2-1-5-10(12)14(16,17)18/h1-7,19-20H,8H2. The molecule has 0 atom stereocenters. The Kier molecular flexibility index (Phi) is 4.09. The summed E-state index contributed by atoms with van der Waals surface area (Å²) in [6, 6.07) is 9.88. The van der Waals surface area contributed by atoms with Crippen LogP contribution in [0.4, 0.5) is 18.9 Å². The molecule has 2 rings (SSSR count). The van der Waals surface area contributed by atoms with E-state index in [0.717, 1.165) is 6.07 Å². The van der Waals surface area contributed by atoms with Crippen LogP contribution >= 0.6 is 11.6 Å². The van der Waals surface area contributed by atoms with Crippen molar-refractivity contribution in [1.29, 1.82) is 0 Å². The predicted octanol–water partition coefficient (Wildman–Crippen LogP) is 4.68. The van der Waals surface area contributed by atoms with Crippen LogP contribution in [0.25, 0.3) is 0 Å². The molecule has 0 aromatic heterocycles. The maximum atomic E-state index is 12.8. The highest BCUT2D eigenvalue weighted by Crippen LogP contribution is 2.35. The zero-order chi connectivity index (χ0) is 14.8. The molecule has 0 fully saturated rings. The molecular weight excluding hydrogens is 291 g/mol. The molecule has 20 heavy (non-hydrogen) atoms. The molecule has 0 amide bonds. The van der Waals surface area contributed by atoms with E-state index in [4.69, 9.17) is 11.6 Å². The molecule has 0 unspecified atom stereocenters. The highest BCUT2D eigenvalue weighted by molar-refractivity contribution is 6.32. The van der Waals surface area contributed by atoms with Crippen molar-refractivity contribution in [3.63, 3.8) is 0 Å². The van der Waals surface area contributed by atoms with Gasteiger partial charge in [-0.25, -0.2) is 0 Å². The van der Waals surface area contributed by atoms with Crippen molar-refractivity contribution in [3.8, 4) is 5.75 Å². The van der Waals surface area contributed by atoms with Gasteiger partial charge in [0.15, 0.2) is 0 Å². The zero-order valence-electron chi connectivity index (χ0n) is 10.2. The van der Waals surface area contributed by atoms with E-state index in [0.29, 0.717) is 5.56 Å². The second kappa shape index (κ2) is 5.63. The van der Waals surface area contributed by atoms with Crippen molar-refractivity contribution in [1.82, 2.24) is 0 Å². The fraction of sp³-hybridized carbons (Fsp3) is 0.143. The third-order valence-corrected chi connectivity index (χ3v) is 3.08. The van der Waals surface area contributed by atoms with Crippen LogP contribution in [0.5, 0.6) is 5.75 Å². The highest BCUT2D eigenvalue weighted by Gasteiger charge is 2.33. The van der Waals surface area contributed by atoms with E-state index in [2.05, 4.69) is 5.32 Å². The van der Waals surface area contributed by atoms with Crippen LogP contribution in [-0.2, 0) is 12.7 Å². The number of alkyl halides is 3. The molecule has 0 heterocycles. The van der Waals surface area contributed by atoms with Crippen molar-refractivity contribution < 1.29 is 18.3 Å². The minimum absolute atomic E-state index is 0.0412. The van der Waals surface area contributed by atoms with Gasteiger partial charge < -0.3 is 10.4 Å². The van der Waals surface area contributed by atoms with Crippen molar-refractivity contribution in [3.05, 3.63) is 58.6 Å². The molecule has 2 N–H and O–H groups in total. The van der Waals surface area contributed by atoms with Gasteiger partial charge in [0, 0.05) is 17.8 Å². The first-order valence-corrected chi connectivity index (χ1v) is 6.14. The Morgan fingerprint density at radius 3 is 2.45 bits per heavy atom. The summed E-state index contributed by atoms with van der Waals surface area (Å²) in [6.07, 6.45) is -4.43. The summed E-state index contributed by atoms with van der Waals surface area (Å²) in [5.41, 5.74) is -0.365. The molecular formula is C14H11ClF3NO. The summed E-state index contributed by atoms with van der Waals surface area (Å²) in [6.45, 7) is 0.0412. The van der Waals surface area contributed by atoms with Crippen molar-refractivity contribution in [2.45, 2.75) is 12.7 Å². The lowest BCUT2D eigenvalue weighted by atomic mass is 10.1. The fourth-order valence-electron chi connectivity index (χ4n) is 1.78. The zero-order valence-corrected chi connectivity index (χ0v) is 11.0. The Hall–Kier alpha value is -1.88. The third-order valence-electron chi connectivity index (χ3n) is 2.77. The lowest BCUT2D eigenvalue weighted by Gasteiger charge is -2.15. The average Bonchev–Trinajstić information content (AvgIpc) is 2.40. The molecule has 2 nitrogen and oxygen atoms in total. The van der Waals surface area contributed by atoms with Crippen LogP contribution in [0.3, 0.4) is 0 Å². The van der Waals surface area contributed by atoms with Crippen molar-refractivity contribution in [2.24, 2.45) is 0 Å². The van der Waals surface area contributed by atoms with Crippen LogP contribution < -0.4 is 5.32 Å². The SMILES string of the molecule is Oc1c(Cl)cccc1CNc1ccccc1C(F)(F)F. The van der Waals surface area contributed by atoms with Gasteiger partial charge in [0.05, 0.1) is 10.6 Å². The molecule has 0 saturated carbocycles. The number of rotatable bonds is 3. The van der Waals surface area contributed by atoms with E-state index < -0.39 is 11.7 Å². The van der Waals surface area contributed by atoms with Gasteiger partial charge in [-0.2, -0.15) is 13.2 Å². The van der Waals surface area contributed by atoms with Crippen LogP contribution in [0, 0.1) is 0 Å². The molecule has 106 valence electrons. The van der Waals surface area contributed by atoms with E-state index in [1.165, 1.54) is 24.3 Å². The molecule has 0 saturated heterocycles. The van der Waals surface area contributed by atoms with E-state index in [1.54, 1.807) is 12.1 Å². The van der Waals surface area contributed by atoms with Crippen LogP contribution in [0.2, 0.25) is 5.02 Å². The fourth-order valence-corrected chi connectivity index (χ4v) is 1.97. The number of nitrogens with one attached hydrogen (secondary N) is 1. The Morgan fingerprint density at radius 2 is 1.75 bits per heavy atom. The minimum Gasteiger partial charge on any atom is -0.506 e. The molecule has 6 heteroatoms. The van der Waals surface area contributed by atoms with Gasteiger partial charge >= 0.3 is 6.18 Å². The number of benzene rings is 2. The van der Waals surface area contributed by atoms with E-state index in [1.807, 2.05) is 0 Å². The van der Waals surface area contributed by atoms with Gasteiger partial charge in [-0.15, -0.1) is 0 Å². The molecule has 0 bridgehead atoms. The summed E-state index contributed by atoms with van der Waals surface area (Å²) in [5, 5.41) is 12.5. The number of phenols is 1. The number of hydrogen-bond acceptors (Lipinski definition) is 2. The largest absolute Gasteiger partial charge is 0.506 e. The van der Waals surface area contributed by atoms with Crippen LogP contribution in [0.15, 0.2) is 42.5 Å². The molecule has 2 aromatic carbocycles. The smallest absolute Gasteiger partial charge is 0.418 e. The number of anilines is 1. The Labute approximate surface area is 118 Å². The molecule has 0 aliphatic rings. The molecule has 0 aliphatic carbocycles. The minimum atomic E-state index is -4.43. The lowest BCUT2D eigenvalue weighted by Crippen LogP contribution is -2.10. The first-order valence-electron chi connectivity index (χ1n) is 5.76. The highest BCUT2D eigenvalue weighted by atomic mass is 35.5. The Morgan fingerprint density at radius 1 is 1.05 bits per heavy atom. The molecule has 0 spiro atoms. The van der Waals surface area contributed by atoms with E-state index in [-0.39, 0.29) is 23.0 Å². The van der Waals surface area contributed by atoms with Crippen LogP contribution in [-0.4, -0.2) is 5.11 Å². The van der Waals surface area contributed by atoms with Crippen LogP contribution in [0.1, 0.15) is 11.1 Å². The van der Waals surface area contributed by atoms with Gasteiger partial charge in [0.1, 0.15) is 5.75 Å². The van der Waals surface area contributed by atoms with Gasteiger partial charge in [0.25, 0.3) is 0 Å². The average molecular weight is 302 g/mol.